The van der Waals surface area contributed by atoms with Gasteiger partial charge in [0.2, 0.25) is 0 Å². The highest BCUT2D eigenvalue weighted by molar-refractivity contribution is 7.98. The Labute approximate surface area is 103 Å². The zero-order chi connectivity index (χ0) is 12.2. The summed E-state index contributed by atoms with van der Waals surface area (Å²) in [7, 11) is 0. The second-order valence-corrected chi connectivity index (χ2v) is 6.23. The smallest absolute Gasteiger partial charge is 0.138 e. The Bertz CT molecular complexity index is 342. The van der Waals surface area contributed by atoms with E-state index in [1.54, 1.807) is 0 Å². The lowest BCUT2D eigenvalue weighted by molar-refractivity contribution is 0.559. The number of rotatable bonds is 4. The lowest BCUT2D eigenvalue weighted by Gasteiger charge is -2.20. The maximum Gasteiger partial charge on any atom is 0.138 e. The van der Waals surface area contributed by atoms with Crippen molar-refractivity contribution in [2.45, 2.75) is 52.2 Å². The molecule has 0 saturated carbocycles. The molecule has 0 bridgehead atoms. The van der Waals surface area contributed by atoms with Crippen molar-refractivity contribution in [3.63, 3.8) is 0 Å². The van der Waals surface area contributed by atoms with Crippen molar-refractivity contribution in [1.29, 1.82) is 0 Å². The summed E-state index contributed by atoms with van der Waals surface area (Å²) in [5, 5.41) is 0. The van der Waals surface area contributed by atoms with E-state index in [-0.39, 0.29) is 5.41 Å². The number of thioether (sulfide) groups is 1. The highest BCUT2D eigenvalue weighted by Crippen LogP contribution is 2.23. The van der Waals surface area contributed by atoms with Crippen LogP contribution < -0.4 is 0 Å². The molecule has 0 aliphatic carbocycles. The fourth-order valence-electron chi connectivity index (χ4n) is 1.62. The van der Waals surface area contributed by atoms with Gasteiger partial charge in [-0.2, -0.15) is 11.8 Å². The molecule has 16 heavy (non-hydrogen) atoms. The van der Waals surface area contributed by atoms with Crippen LogP contribution in [0.15, 0.2) is 6.20 Å². The predicted octanol–water partition coefficient (Wildman–Crippen LogP) is 3.73. The van der Waals surface area contributed by atoms with Crippen LogP contribution in [0.1, 0.15) is 51.2 Å². The molecule has 90 valence electrons. The first-order valence-corrected chi connectivity index (χ1v) is 7.01. The fraction of sp³-hybridized carbons (Fsp3) is 0.692. The molecule has 1 aromatic heterocycles. The van der Waals surface area contributed by atoms with Gasteiger partial charge in [0.15, 0.2) is 0 Å². The van der Waals surface area contributed by atoms with E-state index in [1.807, 2.05) is 18.0 Å². The molecule has 0 N–H and O–H groups in total. The van der Waals surface area contributed by atoms with Gasteiger partial charge in [0, 0.05) is 11.6 Å². The van der Waals surface area contributed by atoms with Crippen molar-refractivity contribution in [3.8, 4) is 0 Å². The summed E-state index contributed by atoms with van der Waals surface area (Å²) in [4.78, 5) is 9.08. The molecule has 0 atom stereocenters. The monoisotopic (exact) mass is 238 g/mol. The summed E-state index contributed by atoms with van der Waals surface area (Å²) in [6.07, 6.45) is 3.16. The molecule has 0 unspecified atom stereocenters. The van der Waals surface area contributed by atoms with E-state index in [2.05, 4.69) is 44.6 Å². The second-order valence-electron chi connectivity index (χ2n) is 5.12. The molecule has 0 spiro atoms. The first-order chi connectivity index (χ1) is 7.45. The standard InChI is InChI=1S/C13H22N2S/c1-6-7-16-9-11-14-8-10(2)12(15-11)13(3,4)5/h8H,6-7,9H2,1-5H3. The van der Waals surface area contributed by atoms with E-state index >= 15 is 0 Å². The topological polar surface area (TPSA) is 25.8 Å². The Kier molecular flexibility index (Phi) is 4.78. The Morgan fingerprint density at radius 1 is 1.31 bits per heavy atom. The highest BCUT2D eigenvalue weighted by Gasteiger charge is 2.18. The molecule has 3 heteroatoms. The summed E-state index contributed by atoms with van der Waals surface area (Å²) >= 11 is 1.91. The number of hydrogen-bond donors (Lipinski definition) is 0. The molecule has 1 aromatic rings. The molecule has 0 amide bonds. The van der Waals surface area contributed by atoms with E-state index in [0.717, 1.165) is 11.6 Å². The summed E-state index contributed by atoms with van der Waals surface area (Å²) < 4.78 is 0. The maximum absolute atomic E-state index is 4.68. The van der Waals surface area contributed by atoms with Gasteiger partial charge in [-0.05, 0) is 24.7 Å². The van der Waals surface area contributed by atoms with E-state index in [0.29, 0.717) is 0 Å². The number of aromatic nitrogens is 2. The minimum absolute atomic E-state index is 0.108. The van der Waals surface area contributed by atoms with Gasteiger partial charge in [-0.15, -0.1) is 0 Å². The predicted molar refractivity (Wildman–Crippen MR) is 71.9 cm³/mol. The van der Waals surface area contributed by atoms with Crippen molar-refractivity contribution in [2.75, 3.05) is 5.75 Å². The van der Waals surface area contributed by atoms with Gasteiger partial charge in [-0.25, -0.2) is 9.97 Å². The number of hydrogen-bond acceptors (Lipinski definition) is 3. The average molecular weight is 238 g/mol. The van der Waals surface area contributed by atoms with Gasteiger partial charge in [-0.3, -0.25) is 0 Å². The zero-order valence-electron chi connectivity index (χ0n) is 11.0. The quantitative estimate of drug-likeness (QED) is 0.748. The lowest BCUT2D eigenvalue weighted by Crippen LogP contribution is -2.17. The van der Waals surface area contributed by atoms with Crippen LogP contribution in [0.5, 0.6) is 0 Å². The van der Waals surface area contributed by atoms with Crippen molar-refractivity contribution < 1.29 is 0 Å². The Balaban J connectivity index is 2.82. The molecule has 0 fully saturated rings. The lowest BCUT2D eigenvalue weighted by atomic mass is 9.89. The van der Waals surface area contributed by atoms with Crippen LogP contribution >= 0.6 is 11.8 Å². The Hall–Kier alpha value is -0.570. The van der Waals surface area contributed by atoms with Crippen molar-refractivity contribution in [1.82, 2.24) is 9.97 Å². The van der Waals surface area contributed by atoms with Crippen LogP contribution in [0.4, 0.5) is 0 Å². The van der Waals surface area contributed by atoms with E-state index < -0.39 is 0 Å². The molecular weight excluding hydrogens is 216 g/mol. The minimum atomic E-state index is 0.108. The van der Waals surface area contributed by atoms with Crippen molar-refractivity contribution in [3.05, 3.63) is 23.3 Å². The second kappa shape index (κ2) is 5.67. The average Bonchev–Trinajstić information content (AvgIpc) is 2.19. The van der Waals surface area contributed by atoms with Crippen LogP contribution in [0.25, 0.3) is 0 Å². The van der Waals surface area contributed by atoms with Crippen LogP contribution in [0.3, 0.4) is 0 Å². The summed E-state index contributed by atoms with van der Waals surface area (Å²) in [5.41, 5.74) is 2.48. The Morgan fingerprint density at radius 2 is 2.00 bits per heavy atom. The fourth-order valence-corrected chi connectivity index (χ4v) is 2.37. The third-order valence-corrected chi connectivity index (χ3v) is 3.47. The number of nitrogens with zero attached hydrogens (tertiary/aromatic N) is 2. The first kappa shape index (κ1) is 13.5. The van der Waals surface area contributed by atoms with Crippen LogP contribution in [0, 0.1) is 6.92 Å². The van der Waals surface area contributed by atoms with Crippen LogP contribution in [-0.2, 0) is 11.2 Å². The molecule has 1 rings (SSSR count). The normalized spacial score (nSPS) is 11.8. The number of aryl methyl sites for hydroxylation is 1. The van der Waals surface area contributed by atoms with Gasteiger partial charge < -0.3 is 0 Å². The molecule has 0 radical (unpaired) electrons. The molecule has 0 saturated heterocycles. The van der Waals surface area contributed by atoms with Crippen LogP contribution in [0.2, 0.25) is 0 Å². The van der Waals surface area contributed by atoms with Gasteiger partial charge in [0.05, 0.1) is 11.4 Å². The van der Waals surface area contributed by atoms with E-state index in [4.69, 9.17) is 0 Å². The van der Waals surface area contributed by atoms with Crippen molar-refractivity contribution in [2.24, 2.45) is 0 Å². The molecular formula is C13H22N2S. The van der Waals surface area contributed by atoms with Gasteiger partial charge in [-0.1, -0.05) is 27.7 Å². The summed E-state index contributed by atoms with van der Waals surface area (Å²) in [5.74, 6) is 3.08. The first-order valence-electron chi connectivity index (χ1n) is 5.86. The zero-order valence-corrected chi connectivity index (χ0v) is 11.8. The third-order valence-electron chi connectivity index (χ3n) is 2.31. The maximum atomic E-state index is 4.68. The van der Waals surface area contributed by atoms with Crippen molar-refractivity contribution >= 4 is 11.8 Å². The molecule has 2 nitrogen and oxygen atoms in total. The summed E-state index contributed by atoms with van der Waals surface area (Å²) in [6, 6.07) is 0. The molecule has 0 aromatic carbocycles. The SMILES string of the molecule is CCCSCc1ncc(C)c(C(C)(C)C)n1. The largest absolute Gasteiger partial charge is 0.240 e. The molecule has 0 aliphatic rings. The van der Waals surface area contributed by atoms with E-state index in [9.17, 15) is 0 Å². The Morgan fingerprint density at radius 3 is 2.56 bits per heavy atom. The molecule has 0 aliphatic heterocycles. The highest BCUT2D eigenvalue weighted by atomic mass is 32.2. The van der Waals surface area contributed by atoms with Gasteiger partial charge in [0.1, 0.15) is 5.82 Å². The van der Waals surface area contributed by atoms with Gasteiger partial charge >= 0.3 is 0 Å². The molecule has 1 heterocycles. The van der Waals surface area contributed by atoms with Crippen LogP contribution in [-0.4, -0.2) is 15.7 Å². The minimum Gasteiger partial charge on any atom is -0.240 e. The third kappa shape index (κ3) is 3.78. The van der Waals surface area contributed by atoms with E-state index in [1.165, 1.54) is 23.4 Å². The van der Waals surface area contributed by atoms with Gasteiger partial charge in [0.25, 0.3) is 0 Å². The summed E-state index contributed by atoms with van der Waals surface area (Å²) in [6.45, 7) is 10.9.